The first kappa shape index (κ1) is 13.9. The highest BCUT2D eigenvalue weighted by atomic mass is 32.2. The summed E-state index contributed by atoms with van der Waals surface area (Å²) < 4.78 is 25.1. The molecule has 1 heterocycles. The van der Waals surface area contributed by atoms with Crippen LogP contribution in [0.4, 0.5) is 0 Å². The van der Waals surface area contributed by atoms with Gasteiger partial charge in [-0.05, 0) is 12.1 Å². The zero-order chi connectivity index (χ0) is 14.2. The van der Waals surface area contributed by atoms with Gasteiger partial charge < -0.3 is 10.2 Å². The summed E-state index contributed by atoms with van der Waals surface area (Å²) in [5, 5.41) is 19.0. The average molecular weight is 282 g/mol. The van der Waals surface area contributed by atoms with Gasteiger partial charge in [0.2, 0.25) is 0 Å². The molecule has 2 rings (SSSR count). The van der Waals surface area contributed by atoms with Crippen molar-refractivity contribution in [2.75, 3.05) is 14.1 Å². The van der Waals surface area contributed by atoms with Gasteiger partial charge in [0.25, 0.3) is 10.0 Å². The number of para-hydroxylation sites is 1. The smallest absolute Gasteiger partial charge is 0.260 e. The standard InChI is InChI=1S/C12H14N2O4S/c1-14(2)19(17,18)11-7-9(12(15)16)8-5-3-4-6-10(8)13-11/h3-7,12,15-16H,1-2H3. The van der Waals surface area contributed by atoms with Gasteiger partial charge in [0.05, 0.1) is 5.52 Å². The second kappa shape index (κ2) is 4.86. The van der Waals surface area contributed by atoms with E-state index in [1.165, 1.54) is 20.2 Å². The molecular formula is C12H14N2O4S. The zero-order valence-corrected chi connectivity index (χ0v) is 11.3. The molecule has 0 saturated heterocycles. The summed E-state index contributed by atoms with van der Waals surface area (Å²) in [5.74, 6) is 0. The number of pyridine rings is 1. The number of hydrogen-bond donors (Lipinski definition) is 2. The molecular weight excluding hydrogens is 268 g/mol. The van der Waals surface area contributed by atoms with Crippen molar-refractivity contribution in [1.82, 2.24) is 9.29 Å². The number of nitrogens with zero attached hydrogens (tertiary/aromatic N) is 2. The highest BCUT2D eigenvalue weighted by molar-refractivity contribution is 7.89. The quantitative estimate of drug-likeness (QED) is 0.799. The van der Waals surface area contributed by atoms with E-state index in [1.807, 2.05) is 0 Å². The topological polar surface area (TPSA) is 90.7 Å². The molecule has 0 radical (unpaired) electrons. The van der Waals surface area contributed by atoms with Gasteiger partial charge in [0.15, 0.2) is 11.3 Å². The lowest BCUT2D eigenvalue weighted by Crippen LogP contribution is -2.23. The molecule has 0 spiro atoms. The van der Waals surface area contributed by atoms with Crippen molar-refractivity contribution in [2.24, 2.45) is 0 Å². The second-order valence-electron chi connectivity index (χ2n) is 4.23. The third-order valence-corrected chi connectivity index (χ3v) is 4.45. The maximum atomic E-state index is 12.1. The summed E-state index contributed by atoms with van der Waals surface area (Å²) in [6.07, 6.45) is -1.76. The first-order chi connectivity index (χ1) is 8.84. The van der Waals surface area contributed by atoms with Crippen LogP contribution in [0, 0.1) is 0 Å². The number of fused-ring (bicyclic) bond motifs is 1. The number of aliphatic hydroxyl groups is 2. The Morgan fingerprint density at radius 2 is 1.84 bits per heavy atom. The maximum absolute atomic E-state index is 12.1. The van der Waals surface area contributed by atoms with Crippen LogP contribution in [0.2, 0.25) is 0 Å². The van der Waals surface area contributed by atoms with Crippen LogP contribution in [0.3, 0.4) is 0 Å². The van der Waals surface area contributed by atoms with Crippen molar-refractivity contribution < 1.29 is 18.6 Å². The van der Waals surface area contributed by atoms with Gasteiger partial charge in [-0.1, -0.05) is 18.2 Å². The van der Waals surface area contributed by atoms with E-state index in [9.17, 15) is 18.6 Å². The Balaban J connectivity index is 2.80. The molecule has 0 aliphatic heterocycles. The lowest BCUT2D eigenvalue weighted by molar-refractivity contribution is -0.0415. The fourth-order valence-corrected chi connectivity index (χ4v) is 2.57. The number of benzene rings is 1. The lowest BCUT2D eigenvalue weighted by Gasteiger charge is -2.14. The summed E-state index contributed by atoms with van der Waals surface area (Å²) in [6, 6.07) is 7.88. The summed E-state index contributed by atoms with van der Waals surface area (Å²) >= 11 is 0. The van der Waals surface area contributed by atoms with Crippen molar-refractivity contribution in [2.45, 2.75) is 11.3 Å². The largest absolute Gasteiger partial charge is 0.364 e. The van der Waals surface area contributed by atoms with E-state index in [1.54, 1.807) is 24.3 Å². The number of aliphatic hydroxyl groups excluding tert-OH is 1. The first-order valence-electron chi connectivity index (χ1n) is 5.52. The zero-order valence-electron chi connectivity index (χ0n) is 10.5. The van der Waals surface area contributed by atoms with Crippen LogP contribution in [0.15, 0.2) is 35.4 Å². The molecule has 0 amide bonds. The van der Waals surface area contributed by atoms with Crippen LogP contribution in [0.5, 0.6) is 0 Å². The SMILES string of the molecule is CN(C)S(=O)(=O)c1cc(C(O)O)c2ccccc2n1. The summed E-state index contributed by atoms with van der Waals surface area (Å²) in [5.41, 5.74) is 0.513. The first-order valence-corrected chi connectivity index (χ1v) is 6.96. The van der Waals surface area contributed by atoms with Crippen molar-refractivity contribution >= 4 is 20.9 Å². The molecule has 2 N–H and O–H groups in total. The fraction of sp³-hybridized carbons (Fsp3) is 0.250. The molecule has 19 heavy (non-hydrogen) atoms. The van der Waals surface area contributed by atoms with Gasteiger partial charge in [-0.3, -0.25) is 0 Å². The summed E-state index contributed by atoms with van der Waals surface area (Å²) in [7, 11) is -0.944. The van der Waals surface area contributed by atoms with Crippen molar-refractivity contribution in [3.05, 3.63) is 35.9 Å². The Morgan fingerprint density at radius 3 is 2.42 bits per heavy atom. The minimum Gasteiger partial charge on any atom is -0.364 e. The van der Waals surface area contributed by atoms with Crippen LogP contribution in [-0.2, 0) is 10.0 Å². The molecule has 2 aromatic rings. The van der Waals surface area contributed by atoms with Crippen molar-refractivity contribution in [3.63, 3.8) is 0 Å². The molecule has 0 aliphatic rings. The third kappa shape index (κ3) is 2.45. The van der Waals surface area contributed by atoms with E-state index < -0.39 is 16.3 Å². The minimum atomic E-state index is -3.72. The van der Waals surface area contributed by atoms with Crippen molar-refractivity contribution in [1.29, 1.82) is 0 Å². The highest BCUT2D eigenvalue weighted by Gasteiger charge is 2.22. The van der Waals surface area contributed by atoms with E-state index in [0.29, 0.717) is 10.9 Å². The van der Waals surface area contributed by atoms with E-state index in [4.69, 9.17) is 0 Å². The molecule has 0 saturated carbocycles. The normalized spacial score (nSPS) is 12.5. The van der Waals surface area contributed by atoms with E-state index in [2.05, 4.69) is 4.98 Å². The van der Waals surface area contributed by atoms with Gasteiger partial charge in [-0.2, -0.15) is 0 Å². The Bertz CT molecular complexity index is 711. The van der Waals surface area contributed by atoms with E-state index in [0.717, 1.165) is 4.31 Å². The predicted octanol–water partition coefficient (Wildman–Crippen LogP) is 0.468. The van der Waals surface area contributed by atoms with Crippen LogP contribution < -0.4 is 0 Å². The van der Waals surface area contributed by atoms with Crippen LogP contribution in [0.1, 0.15) is 11.9 Å². The Hall–Kier alpha value is -1.54. The monoisotopic (exact) mass is 282 g/mol. The summed E-state index contributed by atoms with van der Waals surface area (Å²) in [4.78, 5) is 4.06. The molecule has 102 valence electrons. The van der Waals surface area contributed by atoms with Gasteiger partial charge in [0.1, 0.15) is 0 Å². The molecule has 0 aliphatic carbocycles. The lowest BCUT2D eigenvalue weighted by atomic mass is 10.1. The number of sulfonamides is 1. The molecule has 0 fully saturated rings. The fourth-order valence-electron chi connectivity index (χ4n) is 1.71. The van der Waals surface area contributed by atoms with E-state index in [-0.39, 0.29) is 10.6 Å². The van der Waals surface area contributed by atoms with Crippen LogP contribution in [0.25, 0.3) is 10.9 Å². The molecule has 1 aromatic heterocycles. The molecule has 0 atom stereocenters. The van der Waals surface area contributed by atoms with Gasteiger partial charge in [-0.25, -0.2) is 17.7 Å². The number of hydrogen-bond acceptors (Lipinski definition) is 5. The summed E-state index contributed by atoms with van der Waals surface area (Å²) in [6.45, 7) is 0. The minimum absolute atomic E-state index is 0.117. The van der Waals surface area contributed by atoms with Crippen molar-refractivity contribution in [3.8, 4) is 0 Å². The molecule has 1 aromatic carbocycles. The third-order valence-electron chi connectivity index (χ3n) is 2.75. The number of aromatic nitrogens is 1. The van der Waals surface area contributed by atoms with Gasteiger partial charge in [-0.15, -0.1) is 0 Å². The predicted molar refractivity (Wildman–Crippen MR) is 69.8 cm³/mol. The van der Waals surface area contributed by atoms with Crippen LogP contribution >= 0.6 is 0 Å². The second-order valence-corrected chi connectivity index (χ2v) is 6.33. The van der Waals surface area contributed by atoms with Crippen LogP contribution in [-0.4, -0.2) is 42.0 Å². The van der Waals surface area contributed by atoms with Gasteiger partial charge in [0, 0.05) is 25.0 Å². The highest BCUT2D eigenvalue weighted by Crippen LogP contribution is 2.25. The number of rotatable bonds is 3. The van der Waals surface area contributed by atoms with E-state index >= 15 is 0 Å². The maximum Gasteiger partial charge on any atom is 0.260 e. The molecule has 6 nitrogen and oxygen atoms in total. The Morgan fingerprint density at radius 1 is 1.21 bits per heavy atom. The molecule has 7 heteroatoms. The van der Waals surface area contributed by atoms with Gasteiger partial charge >= 0.3 is 0 Å². The Labute approximate surface area is 111 Å². The Kier molecular flexibility index (Phi) is 3.55. The average Bonchev–Trinajstić information content (AvgIpc) is 2.36. The molecule has 0 unspecified atom stereocenters. The molecule has 0 bridgehead atoms.